The maximum absolute atomic E-state index is 6.04. The normalized spacial score (nSPS) is 11.1. The van der Waals surface area contributed by atoms with Gasteiger partial charge in [-0.25, -0.2) is 0 Å². The van der Waals surface area contributed by atoms with Crippen molar-refractivity contribution in [2.75, 3.05) is 0 Å². The van der Waals surface area contributed by atoms with Crippen molar-refractivity contribution >= 4 is 34.1 Å². The smallest absolute Gasteiger partial charge is 0.0599 e. The molecule has 18 heavy (non-hydrogen) atoms. The molecule has 1 nitrogen and oxygen atoms in total. The highest BCUT2D eigenvalue weighted by atomic mass is 35.5. The second kappa shape index (κ2) is 4.34. The lowest BCUT2D eigenvalue weighted by atomic mass is 10.1. The molecule has 0 saturated heterocycles. The van der Waals surface area contributed by atoms with Crippen molar-refractivity contribution in [1.82, 2.24) is 4.98 Å². The van der Waals surface area contributed by atoms with E-state index in [4.69, 9.17) is 23.2 Å². The van der Waals surface area contributed by atoms with Crippen LogP contribution in [-0.2, 0) is 0 Å². The van der Waals surface area contributed by atoms with Crippen molar-refractivity contribution in [3.8, 4) is 11.3 Å². The van der Waals surface area contributed by atoms with E-state index in [2.05, 4.69) is 36.2 Å². The molecule has 3 heteroatoms. The fourth-order valence-corrected chi connectivity index (χ4v) is 2.37. The Morgan fingerprint density at radius 2 is 1.72 bits per heavy atom. The highest BCUT2D eigenvalue weighted by Crippen LogP contribution is 2.30. The zero-order valence-electron chi connectivity index (χ0n) is 9.80. The average Bonchev–Trinajstić information content (AvgIpc) is 2.75. The molecule has 0 fully saturated rings. The fraction of sp³-hybridized carbons (Fsp3) is 0.0667. The number of hydrogen-bond donors (Lipinski definition) is 1. The van der Waals surface area contributed by atoms with Gasteiger partial charge in [0, 0.05) is 16.6 Å². The van der Waals surface area contributed by atoms with Crippen LogP contribution in [0.5, 0.6) is 0 Å². The number of halogens is 2. The van der Waals surface area contributed by atoms with Crippen LogP contribution in [0.15, 0.2) is 42.5 Å². The van der Waals surface area contributed by atoms with E-state index in [0.29, 0.717) is 10.0 Å². The van der Waals surface area contributed by atoms with Gasteiger partial charge in [0.2, 0.25) is 0 Å². The van der Waals surface area contributed by atoms with Crippen LogP contribution in [0.25, 0.3) is 22.2 Å². The van der Waals surface area contributed by atoms with Crippen LogP contribution in [0.4, 0.5) is 0 Å². The van der Waals surface area contributed by atoms with E-state index in [9.17, 15) is 0 Å². The Labute approximate surface area is 115 Å². The number of benzene rings is 2. The molecule has 0 bridgehead atoms. The topological polar surface area (TPSA) is 15.8 Å². The molecule has 0 radical (unpaired) electrons. The highest BCUT2D eigenvalue weighted by molar-refractivity contribution is 6.42. The van der Waals surface area contributed by atoms with E-state index in [0.717, 1.165) is 16.8 Å². The molecule has 90 valence electrons. The molecule has 0 saturated carbocycles. The number of hydrogen-bond acceptors (Lipinski definition) is 0. The van der Waals surface area contributed by atoms with Crippen LogP contribution in [0, 0.1) is 6.92 Å². The Morgan fingerprint density at radius 1 is 0.889 bits per heavy atom. The summed E-state index contributed by atoms with van der Waals surface area (Å²) in [7, 11) is 0. The standard InChI is InChI=1S/C15H11Cl2N/c1-9-2-5-14-11(6-9)8-15(18-14)10-3-4-12(16)13(17)7-10/h2-8,18H,1H3. The average molecular weight is 276 g/mol. The van der Waals surface area contributed by atoms with Crippen LogP contribution in [0.2, 0.25) is 10.0 Å². The van der Waals surface area contributed by atoms with Crippen LogP contribution >= 0.6 is 23.2 Å². The van der Waals surface area contributed by atoms with Gasteiger partial charge in [0.1, 0.15) is 0 Å². The molecule has 1 heterocycles. The number of aryl methyl sites for hydroxylation is 1. The second-order valence-electron chi connectivity index (χ2n) is 4.40. The zero-order valence-corrected chi connectivity index (χ0v) is 11.3. The number of aromatic nitrogens is 1. The summed E-state index contributed by atoms with van der Waals surface area (Å²) in [5, 5.41) is 2.35. The summed E-state index contributed by atoms with van der Waals surface area (Å²) in [4.78, 5) is 3.38. The quantitative estimate of drug-likeness (QED) is 0.608. The molecule has 0 spiro atoms. The van der Waals surface area contributed by atoms with Gasteiger partial charge in [0.05, 0.1) is 10.0 Å². The van der Waals surface area contributed by atoms with Gasteiger partial charge in [0.25, 0.3) is 0 Å². The Hall–Kier alpha value is -1.44. The second-order valence-corrected chi connectivity index (χ2v) is 5.22. The summed E-state index contributed by atoms with van der Waals surface area (Å²) in [6, 6.07) is 14.1. The molecule has 1 aromatic heterocycles. The van der Waals surface area contributed by atoms with Gasteiger partial charge >= 0.3 is 0 Å². The lowest BCUT2D eigenvalue weighted by molar-refractivity contribution is 1.44. The van der Waals surface area contributed by atoms with Crippen LogP contribution in [0.3, 0.4) is 0 Å². The third-order valence-corrected chi connectivity index (χ3v) is 3.75. The lowest BCUT2D eigenvalue weighted by Crippen LogP contribution is -1.77. The molecular formula is C15H11Cl2N. The van der Waals surface area contributed by atoms with Crippen molar-refractivity contribution in [1.29, 1.82) is 0 Å². The van der Waals surface area contributed by atoms with E-state index in [1.807, 2.05) is 18.2 Å². The summed E-state index contributed by atoms with van der Waals surface area (Å²) in [6.07, 6.45) is 0. The minimum Gasteiger partial charge on any atom is -0.355 e. The maximum Gasteiger partial charge on any atom is 0.0599 e. The van der Waals surface area contributed by atoms with Gasteiger partial charge in [-0.15, -0.1) is 0 Å². The third-order valence-electron chi connectivity index (χ3n) is 3.01. The SMILES string of the molecule is Cc1ccc2[nH]c(-c3ccc(Cl)c(Cl)c3)cc2c1. The van der Waals surface area contributed by atoms with Gasteiger partial charge in [-0.3, -0.25) is 0 Å². The largest absolute Gasteiger partial charge is 0.355 e. The summed E-state index contributed by atoms with van der Waals surface area (Å²) in [6.45, 7) is 2.09. The first kappa shape index (κ1) is 11.6. The van der Waals surface area contributed by atoms with Gasteiger partial charge in [-0.1, -0.05) is 40.9 Å². The van der Waals surface area contributed by atoms with E-state index in [1.54, 1.807) is 0 Å². The number of rotatable bonds is 1. The predicted molar refractivity (Wildman–Crippen MR) is 78.5 cm³/mol. The Kier molecular flexibility index (Phi) is 2.81. The van der Waals surface area contributed by atoms with E-state index >= 15 is 0 Å². The molecule has 0 aliphatic rings. The number of fused-ring (bicyclic) bond motifs is 1. The van der Waals surface area contributed by atoms with Crippen molar-refractivity contribution in [3.05, 3.63) is 58.1 Å². The van der Waals surface area contributed by atoms with Crippen LogP contribution in [-0.4, -0.2) is 4.98 Å². The molecule has 2 aromatic carbocycles. The number of nitrogens with one attached hydrogen (secondary N) is 1. The van der Waals surface area contributed by atoms with Crippen molar-refractivity contribution in [3.63, 3.8) is 0 Å². The molecule has 0 aliphatic carbocycles. The fourth-order valence-electron chi connectivity index (χ4n) is 2.07. The first-order chi connectivity index (χ1) is 8.63. The highest BCUT2D eigenvalue weighted by Gasteiger charge is 2.05. The van der Waals surface area contributed by atoms with Crippen LogP contribution < -0.4 is 0 Å². The molecule has 0 unspecified atom stereocenters. The van der Waals surface area contributed by atoms with Gasteiger partial charge in [0.15, 0.2) is 0 Å². The Bertz CT molecular complexity index is 728. The lowest BCUT2D eigenvalue weighted by Gasteiger charge is -2.00. The molecule has 0 amide bonds. The van der Waals surface area contributed by atoms with Crippen molar-refractivity contribution in [2.45, 2.75) is 6.92 Å². The number of aromatic amines is 1. The van der Waals surface area contributed by atoms with E-state index < -0.39 is 0 Å². The Balaban J connectivity index is 2.16. The maximum atomic E-state index is 6.04. The molecule has 1 N–H and O–H groups in total. The molecular weight excluding hydrogens is 265 g/mol. The van der Waals surface area contributed by atoms with Crippen LogP contribution in [0.1, 0.15) is 5.56 Å². The summed E-state index contributed by atoms with van der Waals surface area (Å²) in [5.74, 6) is 0. The van der Waals surface area contributed by atoms with E-state index in [1.165, 1.54) is 10.9 Å². The summed E-state index contributed by atoms with van der Waals surface area (Å²) < 4.78 is 0. The summed E-state index contributed by atoms with van der Waals surface area (Å²) in [5.41, 5.74) is 4.47. The first-order valence-electron chi connectivity index (χ1n) is 5.68. The van der Waals surface area contributed by atoms with Gasteiger partial charge in [-0.05, 0) is 42.8 Å². The molecule has 3 rings (SSSR count). The van der Waals surface area contributed by atoms with Gasteiger partial charge < -0.3 is 4.98 Å². The number of H-pyrrole nitrogens is 1. The van der Waals surface area contributed by atoms with Crippen molar-refractivity contribution < 1.29 is 0 Å². The minimum atomic E-state index is 0.573. The molecule has 0 atom stereocenters. The molecule has 3 aromatic rings. The Morgan fingerprint density at radius 3 is 2.50 bits per heavy atom. The minimum absolute atomic E-state index is 0.573. The first-order valence-corrected chi connectivity index (χ1v) is 6.44. The summed E-state index contributed by atoms with van der Waals surface area (Å²) >= 11 is 12.0. The van der Waals surface area contributed by atoms with Gasteiger partial charge in [-0.2, -0.15) is 0 Å². The zero-order chi connectivity index (χ0) is 12.7. The predicted octanol–water partition coefficient (Wildman–Crippen LogP) is 5.45. The third kappa shape index (κ3) is 2.00. The van der Waals surface area contributed by atoms with E-state index in [-0.39, 0.29) is 0 Å². The molecule has 0 aliphatic heterocycles. The monoisotopic (exact) mass is 275 g/mol. The van der Waals surface area contributed by atoms with Crippen molar-refractivity contribution in [2.24, 2.45) is 0 Å².